The lowest BCUT2D eigenvalue weighted by Gasteiger charge is -2.16. The maximum Gasteiger partial charge on any atom is 0.254 e. The van der Waals surface area contributed by atoms with E-state index in [1.165, 1.54) is 44.7 Å². The van der Waals surface area contributed by atoms with Crippen molar-refractivity contribution in [2.75, 3.05) is 0 Å². The second-order valence-corrected chi connectivity index (χ2v) is 8.83. The molecule has 2 nitrogen and oxygen atoms in total. The highest BCUT2D eigenvalue weighted by Crippen LogP contribution is 2.29. The number of aryl methyl sites for hydroxylation is 2. The van der Waals surface area contributed by atoms with E-state index in [4.69, 9.17) is 0 Å². The summed E-state index contributed by atoms with van der Waals surface area (Å²) in [5.41, 5.74) is 10.4. The Hall–Kier alpha value is -2.87. The van der Waals surface area contributed by atoms with Crippen LogP contribution in [-0.2, 0) is 0 Å². The quantitative estimate of drug-likeness (QED) is 0.345. The summed E-state index contributed by atoms with van der Waals surface area (Å²) in [4.78, 5) is 0. The Bertz CT molecular complexity index is 1130. The Morgan fingerprint density at radius 3 is 1.93 bits per heavy atom. The van der Waals surface area contributed by atoms with Crippen LogP contribution in [0.1, 0.15) is 61.8 Å². The molecule has 0 fully saturated rings. The van der Waals surface area contributed by atoms with Crippen LogP contribution in [0.25, 0.3) is 22.5 Å². The van der Waals surface area contributed by atoms with Crippen LogP contribution in [0.15, 0.2) is 67.1 Å². The van der Waals surface area contributed by atoms with Crippen LogP contribution in [0, 0.1) is 13.8 Å². The SMILES string of the molecule is Cc1cc(C)cc(-c2cccc3c[n+](-c4c(C(C)C)cccc4C(C)C)cn23)c1. The number of nitrogens with zero attached hydrogens (tertiary/aromatic N) is 2. The average molecular weight is 384 g/mol. The molecule has 0 aliphatic heterocycles. The monoisotopic (exact) mass is 383 g/mol. The molecule has 2 heterocycles. The van der Waals surface area contributed by atoms with E-state index in [0.717, 1.165) is 0 Å². The van der Waals surface area contributed by atoms with Gasteiger partial charge in [-0.25, -0.2) is 4.57 Å². The van der Waals surface area contributed by atoms with E-state index in [-0.39, 0.29) is 0 Å². The van der Waals surface area contributed by atoms with Crippen molar-refractivity contribution < 1.29 is 4.57 Å². The molecule has 4 rings (SSSR count). The molecule has 4 aromatic rings. The first-order valence-electron chi connectivity index (χ1n) is 10.6. The fourth-order valence-electron chi connectivity index (χ4n) is 4.36. The zero-order chi connectivity index (χ0) is 20.7. The number of benzene rings is 2. The minimum Gasteiger partial charge on any atom is -0.201 e. The summed E-state index contributed by atoms with van der Waals surface area (Å²) in [6.45, 7) is 13.4. The second-order valence-electron chi connectivity index (χ2n) is 8.83. The number of fused-ring (bicyclic) bond motifs is 1. The van der Waals surface area contributed by atoms with E-state index in [1.807, 2.05) is 0 Å². The van der Waals surface area contributed by atoms with E-state index in [9.17, 15) is 0 Å². The van der Waals surface area contributed by atoms with Gasteiger partial charge in [-0.3, -0.25) is 0 Å². The highest BCUT2D eigenvalue weighted by atomic mass is 15.1. The van der Waals surface area contributed by atoms with E-state index in [2.05, 4.69) is 118 Å². The molecule has 0 saturated heterocycles. The first-order valence-corrected chi connectivity index (χ1v) is 10.6. The standard InChI is InChI=1S/C27H31N2/c1-18(2)24-10-8-11-25(19(3)4)27(24)28-16-23-9-7-12-26(29(23)17-28)22-14-20(5)13-21(6)15-22/h7-19H,1-6H3/q+1. The molecule has 2 aromatic carbocycles. The normalized spacial score (nSPS) is 11.7. The fraction of sp³-hybridized carbons (Fsp3) is 0.296. The van der Waals surface area contributed by atoms with E-state index in [1.54, 1.807) is 0 Å². The molecule has 0 bridgehead atoms. The van der Waals surface area contributed by atoms with Crippen molar-refractivity contribution in [2.24, 2.45) is 0 Å². The molecule has 2 heteroatoms. The predicted molar refractivity (Wildman–Crippen MR) is 122 cm³/mol. The molecule has 0 spiro atoms. The molecule has 0 saturated carbocycles. The van der Waals surface area contributed by atoms with Gasteiger partial charge in [0.1, 0.15) is 17.6 Å². The largest absolute Gasteiger partial charge is 0.254 e. The molecule has 0 radical (unpaired) electrons. The highest BCUT2D eigenvalue weighted by molar-refractivity contribution is 5.66. The van der Waals surface area contributed by atoms with Crippen LogP contribution in [0.2, 0.25) is 0 Å². The third-order valence-electron chi connectivity index (χ3n) is 5.69. The van der Waals surface area contributed by atoms with Crippen molar-refractivity contribution in [3.8, 4) is 16.9 Å². The van der Waals surface area contributed by atoms with Crippen LogP contribution in [-0.4, -0.2) is 4.40 Å². The minimum atomic E-state index is 0.470. The molecule has 148 valence electrons. The Balaban J connectivity index is 1.97. The van der Waals surface area contributed by atoms with Gasteiger partial charge in [0, 0.05) is 16.7 Å². The average Bonchev–Trinajstić information content (AvgIpc) is 3.10. The van der Waals surface area contributed by atoms with Gasteiger partial charge in [0.05, 0.1) is 0 Å². The molecule has 0 atom stereocenters. The summed E-state index contributed by atoms with van der Waals surface area (Å²) in [5, 5.41) is 0. The van der Waals surface area contributed by atoms with Crippen LogP contribution < -0.4 is 4.57 Å². The molecule has 2 aromatic heterocycles. The van der Waals surface area contributed by atoms with Gasteiger partial charge >= 0.3 is 0 Å². The van der Waals surface area contributed by atoms with Gasteiger partial charge in [-0.15, -0.1) is 0 Å². The summed E-state index contributed by atoms with van der Waals surface area (Å²) >= 11 is 0. The van der Waals surface area contributed by atoms with Gasteiger partial charge in [0.25, 0.3) is 6.33 Å². The summed E-state index contributed by atoms with van der Waals surface area (Å²) in [5.74, 6) is 0.941. The first-order chi connectivity index (χ1) is 13.8. The molecular formula is C27H31N2+. The van der Waals surface area contributed by atoms with Crippen molar-refractivity contribution >= 4 is 5.52 Å². The molecule has 0 N–H and O–H groups in total. The van der Waals surface area contributed by atoms with Gasteiger partial charge in [0.2, 0.25) is 0 Å². The summed E-state index contributed by atoms with van der Waals surface area (Å²) in [6, 6.07) is 20.1. The second kappa shape index (κ2) is 7.51. The van der Waals surface area contributed by atoms with Gasteiger partial charge in [-0.05, 0) is 49.9 Å². The number of hydrogen-bond donors (Lipinski definition) is 0. The highest BCUT2D eigenvalue weighted by Gasteiger charge is 2.22. The lowest BCUT2D eigenvalue weighted by molar-refractivity contribution is -0.595. The van der Waals surface area contributed by atoms with Gasteiger partial charge in [-0.2, -0.15) is 4.40 Å². The van der Waals surface area contributed by atoms with Crippen molar-refractivity contribution in [2.45, 2.75) is 53.4 Å². The van der Waals surface area contributed by atoms with Crippen molar-refractivity contribution in [3.05, 3.63) is 89.4 Å². The number of aromatic nitrogens is 2. The Kier molecular flexibility index (Phi) is 5.04. The lowest BCUT2D eigenvalue weighted by atomic mass is 9.92. The first kappa shape index (κ1) is 19.4. The third kappa shape index (κ3) is 3.60. The number of para-hydroxylation sites is 1. The molecule has 29 heavy (non-hydrogen) atoms. The zero-order valence-electron chi connectivity index (χ0n) is 18.4. The lowest BCUT2D eigenvalue weighted by Crippen LogP contribution is -2.31. The van der Waals surface area contributed by atoms with Crippen LogP contribution in [0.4, 0.5) is 0 Å². The Morgan fingerprint density at radius 2 is 1.34 bits per heavy atom. The van der Waals surface area contributed by atoms with E-state index >= 15 is 0 Å². The predicted octanol–water partition coefficient (Wildman–Crippen LogP) is 6.75. The van der Waals surface area contributed by atoms with Crippen molar-refractivity contribution in [1.29, 1.82) is 0 Å². The summed E-state index contributed by atoms with van der Waals surface area (Å²) < 4.78 is 4.64. The molecule has 0 aliphatic carbocycles. The van der Waals surface area contributed by atoms with Crippen molar-refractivity contribution in [3.63, 3.8) is 0 Å². The molecule has 0 aliphatic rings. The number of imidazole rings is 1. The summed E-state index contributed by atoms with van der Waals surface area (Å²) in [6.07, 6.45) is 4.51. The van der Waals surface area contributed by atoms with E-state index in [0.29, 0.717) is 11.8 Å². The van der Waals surface area contributed by atoms with Gasteiger partial charge in [-0.1, -0.05) is 69.2 Å². The van der Waals surface area contributed by atoms with Crippen LogP contribution in [0.3, 0.4) is 0 Å². The minimum absolute atomic E-state index is 0.470. The van der Waals surface area contributed by atoms with Crippen LogP contribution in [0.5, 0.6) is 0 Å². The number of hydrogen-bond acceptors (Lipinski definition) is 0. The van der Waals surface area contributed by atoms with Gasteiger partial charge < -0.3 is 0 Å². The maximum atomic E-state index is 2.33. The zero-order valence-corrected chi connectivity index (χ0v) is 18.4. The number of rotatable bonds is 4. The smallest absolute Gasteiger partial charge is 0.201 e. The topological polar surface area (TPSA) is 8.29 Å². The summed E-state index contributed by atoms with van der Waals surface area (Å²) in [7, 11) is 0. The molecule has 0 unspecified atom stereocenters. The van der Waals surface area contributed by atoms with Crippen LogP contribution >= 0.6 is 0 Å². The molecular weight excluding hydrogens is 352 g/mol. The Morgan fingerprint density at radius 1 is 0.759 bits per heavy atom. The third-order valence-corrected chi connectivity index (χ3v) is 5.69. The fourth-order valence-corrected chi connectivity index (χ4v) is 4.36. The van der Waals surface area contributed by atoms with Gasteiger partial charge in [0.15, 0.2) is 5.52 Å². The van der Waals surface area contributed by atoms with E-state index < -0.39 is 0 Å². The number of pyridine rings is 1. The maximum absolute atomic E-state index is 2.33. The Labute approximate surface area is 174 Å². The molecule has 0 amide bonds. The van der Waals surface area contributed by atoms with Crippen molar-refractivity contribution in [1.82, 2.24) is 4.40 Å².